The lowest BCUT2D eigenvalue weighted by Gasteiger charge is -2.06. The Morgan fingerprint density at radius 1 is 1.58 bits per heavy atom. The van der Waals surface area contributed by atoms with Crippen LogP contribution >= 0.6 is 0 Å². The summed E-state index contributed by atoms with van der Waals surface area (Å²) in [7, 11) is 0. The van der Waals surface area contributed by atoms with E-state index in [4.69, 9.17) is 0 Å². The van der Waals surface area contributed by atoms with Gasteiger partial charge in [0.25, 0.3) is 5.92 Å². The number of hydrogen-bond donors (Lipinski definition) is 2. The van der Waals surface area contributed by atoms with Crippen LogP contribution in [0.4, 0.5) is 8.78 Å². The van der Waals surface area contributed by atoms with Crippen molar-refractivity contribution in [1.82, 2.24) is 15.3 Å². The number of nitrogens with zero attached hydrogens (tertiary/aromatic N) is 1. The quantitative estimate of drug-likeness (QED) is 0.667. The van der Waals surface area contributed by atoms with E-state index in [0.29, 0.717) is 5.82 Å². The topological polar surface area (TPSA) is 40.7 Å². The Morgan fingerprint density at radius 3 is 2.92 bits per heavy atom. The first kappa shape index (κ1) is 7.67. The van der Waals surface area contributed by atoms with Crippen LogP contribution in [0.1, 0.15) is 18.3 Å². The predicted octanol–water partition coefficient (Wildman–Crippen LogP) is 1.08. The predicted molar refractivity (Wildman–Crippen MR) is 38.9 cm³/mol. The van der Waals surface area contributed by atoms with Gasteiger partial charge in [-0.2, -0.15) is 0 Å². The fourth-order valence-corrected chi connectivity index (χ4v) is 1.38. The van der Waals surface area contributed by atoms with Crippen molar-refractivity contribution < 1.29 is 8.78 Å². The maximum absolute atomic E-state index is 12.7. The van der Waals surface area contributed by atoms with Crippen LogP contribution in [0.2, 0.25) is 0 Å². The number of aromatic amines is 1. The number of aromatic nitrogens is 2. The zero-order valence-electron chi connectivity index (χ0n) is 6.35. The van der Waals surface area contributed by atoms with Crippen molar-refractivity contribution in [2.45, 2.75) is 18.4 Å². The number of nitrogens with one attached hydrogen (secondary N) is 2. The van der Waals surface area contributed by atoms with E-state index in [2.05, 4.69) is 15.3 Å². The largest absolute Gasteiger partial charge is 0.347 e. The molecule has 0 unspecified atom stereocenters. The molecular formula is C7H9F2N3. The summed E-state index contributed by atoms with van der Waals surface area (Å²) in [5.74, 6) is -2.00. The summed E-state index contributed by atoms with van der Waals surface area (Å²) in [4.78, 5) is 6.72. The molecule has 0 spiro atoms. The molecule has 1 aromatic rings. The second-order valence-electron chi connectivity index (χ2n) is 2.97. The third-order valence-corrected chi connectivity index (χ3v) is 1.96. The maximum Gasteiger partial charge on any atom is 0.262 e. The molecule has 2 heterocycles. The molecule has 1 saturated heterocycles. The van der Waals surface area contributed by atoms with E-state index in [9.17, 15) is 8.78 Å². The molecule has 0 aliphatic carbocycles. The lowest BCUT2D eigenvalue weighted by Crippen LogP contribution is -2.19. The molecule has 1 atom stereocenters. The number of H-pyrrole nitrogens is 1. The van der Waals surface area contributed by atoms with Gasteiger partial charge in [0.2, 0.25) is 0 Å². The molecule has 1 aromatic heterocycles. The number of alkyl halides is 2. The van der Waals surface area contributed by atoms with Crippen LogP contribution in [0.15, 0.2) is 12.4 Å². The van der Waals surface area contributed by atoms with E-state index < -0.39 is 5.92 Å². The molecule has 0 aromatic carbocycles. The fraction of sp³-hybridized carbons (Fsp3) is 0.571. The minimum absolute atomic E-state index is 0.166. The van der Waals surface area contributed by atoms with Crippen LogP contribution in [0.5, 0.6) is 0 Å². The summed E-state index contributed by atoms with van der Waals surface area (Å²) in [6, 6.07) is -0.324. The Labute approximate surface area is 68.2 Å². The molecule has 5 heteroatoms. The lowest BCUT2D eigenvalue weighted by atomic mass is 10.2. The third kappa shape index (κ3) is 1.32. The van der Waals surface area contributed by atoms with Crippen molar-refractivity contribution in [3.05, 3.63) is 18.2 Å². The fourth-order valence-electron chi connectivity index (χ4n) is 1.38. The smallest absolute Gasteiger partial charge is 0.262 e. The van der Waals surface area contributed by atoms with Crippen molar-refractivity contribution in [1.29, 1.82) is 0 Å². The van der Waals surface area contributed by atoms with Gasteiger partial charge in [0.1, 0.15) is 5.82 Å². The summed E-state index contributed by atoms with van der Waals surface area (Å²) in [6.45, 7) is -0.252. The van der Waals surface area contributed by atoms with Crippen molar-refractivity contribution in [2.75, 3.05) is 6.54 Å². The summed E-state index contributed by atoms with van der Waals surface area (Å²) < 4.78 is 25.4. The molecule has 66 valence electrons. The Balaban J connectivity index is 2.10. The Bertz CT molecular complexity index is 258. The second-order valence-corrected chi connectivity index (χ2v) is 2.97. The first-order valence-electron chi connectivity index (χ1n) is 3.78. The summed E-state index contributed by atoms with van der Waals surface area (Å²) >= 11 is 0. The molecule has 1 aliphatic rings. The number of imidazole rings is 1. The van der Waals surface area contributed by atoms with Crippen LogP contribution in [0.25, 0.3) is 0 Å². The molecule has 0 radical (unpaired) electrons. The molecule has 1 fully saturated rings. The molecule has 3 nitrogen and oxygen atoms in total. The molecule has 1 aliphatic heterocycles. The van der Waals surface area contributed by atoms with Gasteiger partial charge in [-0.15, -0.1) is 0 Å². The van der Waals surface area contributed by atoms with Gasteiger partial charge in [0, 0.05) is 18.8 Å². The van der Waals surface area contributed by atoms with Crippen molar-refractivity contribution in [3.63, 3.8) is 0 Å². The third-order valence-electron chi connectivity index (χ3n) is 1.96. The van der Waals surface area contributed by atoms with E-state index in [1.165, 1.54) is 0 Å². The molecule has 12 heavy (non-hydrogen) atoms. The van der Waals surface area contributed by atoms with Gasteiger partial charge < -0.3 is 10.3 Å². The number of halogens is 2. The average Bonchev–Trinajstić information content (AvgIpc) is 2.55. The Kier molecular flexibility index (Phi) is 1.61. The molecule has 2 N–H and O–H groups in total. The monoisotopic (exact) mass is 173 g/mol. The van der Waals surface area contributed by atoms with Gasteiger partial charge in [-0.1, -0.05) is 0 Å². The van der Waals surface area contributed by atoms with Gasteiger partial charge >= 0.3 is 0 Å². The van der Waals surface area contributed by atoms with Crippen molar-refractivity contribution in [2.24, 2.45) is 0 Å². The van der Waals surface area contributed by atoms with E-state index in [-0.39, 0.29) is 19.0 Å². The Morgan fingerprint density at radius 2 is 2.42 bits per heavy atom. The highest BCUT2D eigenvalue weighted by Gasteiger charge is 2.40. The minimum atomic E-state index is -2.59. The van der Waals surface area contributed by atoms with Crippen LogP contribution < -0.4 is 5.32 Å². The molecular weight excluding hydrogens is 164 g/mol. The standard InChI is InChI=1S/C7H9F2N3/c8-7(9)3-5(12-4-7)6-10-1-2-11-6/h1-2,5,12H,3-4H2,(H,10,11)/t5-/m0/s1. The van der Waals surface area contributed by atoms with Gasteiger partial charge in [-0.3, -0.25) is 0 Å². The lowest BCUT2D eigenvalue weighted by molar-refractivity contribution is 0.0208. The minimum Gasteiger partial charge on any atom is -0.347 e. The maximum atomic E-state index is 12.7. The first-order chi connectivity index (χ1) is 5.67. The number of hydrogen-bond acceptors (Lipinski definition) is 2. The van der Waals surface area contributed by atoms with E-state index in [1.54, 1.807) is 12.4 Å². The molecule has 0 amide bonds. The number of rotatable bonds is 1. The van der Waals surface area contributed by atoms with E-state index in [0.717, 1.165) is 0 Å². The van der Waals surface area contributed by atoms with E-state index >= 15 is 0 Å². The highest BCUT2D eigenvalue weighted by Crippen LogP contribution is 2.32. The summed E-state index contributed by atoms with van der Waals surface area (Å²) in [5.41, 5.74) is 0. The van der Waals surface area contributed by atoms with Gasteiger partial charge in [0.15, 0.2) is 0 Å². The zero-order valence-corrected chi connectivity index (χ0v) is 6.35. The molecule has 0 bridgehead atoms. The highest BCUT2D eigenvalue weighted by molar-refractivity contribution is 5.01. The molecule has 2 rings (SSSR count). The average molecular weight is 173 g/mol. The highest BCUT2D eigenvalue weighted by atomic mass is 19.3. The second kappa shape index (κ2) is 2.52. The van der Waals surface area contributed by atoms with Crippen LogP contribution in [-0.4, -0.2) is 22.4 Å². The summed E-state index contributed by atoms with van der Waals surface area (Å²) in [5, 5.41) is 2.71. The van der Waals surface area contributed by atoms with E-state index in [1.807, 2.05) is 0 Å². The van der Waals surface area contributed by atoms with Crippen molar-refractivity contribution >= 4 is 0 Å². The summed E-state index contributed by atoms with van der Waals surface area (Å²) in [6.07, 6.45) is 3.03. The molecule has 0 saturated carbocycles. The Hall–Kier alpha value is -0.970. The van der Waals surface area contributed by atoms with Crippen molar-refractivity contribution in [3.8, 4) is 0 Å². The normalized spacial score (nSPS) is 27.7. The van der Waals surface area contributed by atoms with Gasteiger partial charge in [0.05, 0.1) is 12.6 Å². The van der Waals surface area contributed by atoms with Crippen LogP contribution in [0.3, 0.4) is 0 Å². The van der Waals surface area contributed by atoms with Crippen LogP contribution in [-0.2, 0) is 0 Å². The van der Waals surface area contributed by atoms with Gasteiger partial charge in [-0.25, -0.2) is 13.8 Å². The van der Waals surface area contributed by atoms with Gasteiger partial charge in [-0.05, 0) is 0 Å². The SMILES string of the molecule is FC1(F)CN[C@H](c2ncc[nH]2)C1. The van der Waals surface area contributed by atoms with Crippen LogP contribution in [0, 0.1) is 0 Å². The zero-order chi connectivity index (χ0) is 8.60. The first-order valence-corrected chi connectivity index (χ1v) is 3.78.